The van der Waals surface area contributed by atoms with Gasteiger partial charge < -0.3 is 9.87 Å². The van der Waals surface area contributed by atoms with Gasteiger partial charge in [0.15, 0.2) is 4.75 Å². The van der Waals surface area contributed by atoms with Gasteiger partial charge in [0.1, 0.15) is 0 Å². The highest BCUT2D eigenvalue weighted by molar-refractivity contribution is 8.27. The SMILES string of the molecule is CCSCCNC(=O)C(C)(C)S([OH2+])(OC)C1CCCCC1. The minimum absolute atomic E-state index is 0.0309. The molecule has 21 heavy (non-hydrogen) atoms. The molecule has 1 rings (SSSR count). The number of hydrogen-bond acceptors (Lipinski definition) is 3. The van der Waals surface area contributed by atoms with Crippen LogP contribution < -0.4 is 5.32 Å². The molecular weight excluding hydrogens is 306 g/mol. The molecule has 0 aromatic heterocycles. The summed E-state index contributed by atoms with van der Waals surface area (Å²) in [6.07, 6.45) is 5.61. The van der Waals surface area contributed by atoms with Gasteiger partial charge in [-0.05, 0) is 32.4 Å². The minimum Gasteiger partial charge on any atom is -0.353 e. The monoisotopic (exact) mass is 338 g/mol. The molecule has 0 aromatic carbocycles. The molecule has 3 N–H and O–H groups in total. The minimum atomic E-state index is -2.17. The van der Waals surface area contributed by atoms with Crippen LogP contribution in [0.1, 0.15) is 52.9 Å². The topological polar surface area (TPSA) is 61.2 Å². The van der Waals surface area contributed by atoms with Crippen molar-refractivity contribution in [1.82, 2.24) is 5.32 Å². The van der Waals surface area contributed by atoms with Crippen LogP contribution in [0.15, 0.2) is 0 Å². The van der Waals surface area contributed by atoms with E-state index in [0.29, 0.717) is 6.54 Å². The Morgan fingerprint density at radius 3 is 2.52 bits per heavy atom. The van der Waals surface area contributed by atoms with Gasteiger partial charge in [0, 0.05) is 12.3 Å². The average molecular weight is 339 g/mol. The molecule has 1 saturated carbocycles. The second-order valence-corrected chi connectivity index (χ2v) is 10.6. The first-order valence-corrected chi connectivity index (χ1v) is 10.7. The highest BCUT2D eigenvalue weighted by atomic mass is 32.3. The average Bonchev–Trinajstić information content (AvgIpc) is 2.51. The highest BCUT2D eigenvalue weighted by Gasteiger charge is 2.50. The van der Waals surface area contributed by atoms with Crippen molar-refractivity contribution in [2.75, 3.05) is 25.2 Å². The first-order chi connectivity index (χ1) is 9.90. The Balaban J connectivity index is 2.72. The largest absolute Gasteiger partial charge is 0.353 e. The van der Waals surface area contributed by atoms with Crippen molar-refractivity contribution in [2.45, 2.75) is 62.9 Å². The van der Waals surface area contributed by atoms with Gasteiger partial charge in [0.05, 0.1) is 12.4 Å². The van der Waals surface area contributed by atoms with Crippen LogP contribution in [0.3, 0.4) is 0 Å². The van der Waals surface area contributed by atoms with E-state index in [1.807, 2.05) is 25.6 Å². The lowest BCUT2D eigenvalue weighted by Crippen LogP contribution is -2.50. The lowest BCUT2D eigenvalue weighted by atomic mass is 10.0. The highest BCUT2D eigenvalue weighted by Crippen LogP contribution is 2.63. The second-order valence-electron chi connectivity index (χ2n) is 5.99. The van der Waals surface area contributed by atoms with Gasteiger partial charge in [0.25, 0.3) is 0 Å². The van der Waals surface area contributed by atoms with Gasteiger partial charge in [-0.1, -0.05) is 36.8 Å². The van der Waals surface area contributed by atoms with E-state index in [2.05, 4.69) is 12.2 Å². The van der Waals surface area contributed by atoms with Crippen LogP contribution in [0.2, 0.25) is 0 Å². The summed E-state index contributed by atoms with van der Waals surface area (Å²) in [4.78, 5) is 12.6. The Morgan fingerprint density at radius 2 is 2.00 bits per heavy atom. The zero-order valence-electron chi connectivity index (χ0n) is 13.9. The van der Waals surface area contributed by atoms with Gasteiger partial charge in [-0.3, -0.25) is 8.98 Å². The Hall–Kier alpha value is 0.0900. The number of hydrogen-bond donors (Lipinski definition) is 1. The Kier molecular flexibility index (Phi) is 7.88. The Bertz CT molecular complexity index is 333. The summed E-state index contributed by atoms with van der Waals surface area (Å²) in [5.41, 5.74) is 0. The molecule has 1 fully saturated rings. The molecule has 4 nitrogen and oxygen atoms in total. The molecular formula is C15H32NO3S2+. The fourth-order valence-corrected chi connectivity index (χ4v) is 6.29. The van der Waals surface area contributed by atoms with Gasteiger partial charge >= 0.3 is 0 Å². The third kappa shape index (κ3) is 4.53. The molecule has 1 aliphatic carbocycles. The molecule has 0 radical (unpaired) electrons. The van der Waals surface area contributed by atoms with Gasteiger partial charge in [-0.15, -0.1) is 0 Å². The molecule has 126 valence electrons. The van der Waals surface area contributed by atoms with Crippen LogP contribution in [0, 0.1) is 0 Å². The van der Waals surface area contributed by atoms with Crippen LogP contribution in [0.5, 0.6) is 0 Å². The first kappa shape index (κ1) is 19.1. The van der Waals surface area contributed by atoms with Crippen LogP contribution in [-0.4, -0.2) is 45.6 Å². The quantitative estimate of drug-likeness (QED) is 0.547. The van der Waals surface area contributed by atoms with Crippen molar-refractivity contribution < 1.29 is 13.5 Å². The summed E-state index contributed by atoms with van der Waals surface area (Å²) in [6, 6.07) is 0. The van der Waals surface area contributed by atoms with Crippen molar-refractivity contribution >= 4 is 28.3 Å². The Morgan fingerprint density at radius 1 is 1.38 bits per heavy atom. The Labute approximate surface area is 135 Å². The van der Waals surface area contributed by atoms with Crippen molar-refractivity contribution in [1.29, 1.82) is 0 Å². The van der Waals surface area contributed by atoms with Crippen molar-refractivity contribution in [3.05, 3.63) is 0 Å². The fourth-order valence-electron chi connectivity index (χ4n) is 2.89. The molecule has 0 aliphatic heterocycles. The van der Waals surface area contributed by atoms with Crippen molar-refractivity contribution in [2.24, 2.45) is 0 Å². The summed E-state index contributed by atoms with van der Waals surface area (Å²) in [7, 11) is -0.558. The van der Waals surface area contributed by atoms with Crippen LogP contribution >= 0.6 is 22.4 Å². The summed E-state index contributed by atoms with van der Waals surface area (Å²) in [5.74, 6) is 1.96. The first-order valence-electron chi connectivity index (χ1n) is 7.88. The third-order valence-electron chi connectivity index (χ3n) is 4.33. The molecule has 6 heteroatoms. The number of amides is 1. The third-order valence-corrected chi connectivity index (χ3v) is 8.86. The number of thioether (sulfide) groups is 1. The zero-order chi connectivity index (χ0) is 15.9. The molecule has 1 unspecified atom stereocenters. The summed E-state index contributed by atoms with van der Waals surface area (Å²) < 4.78 is 13.8. The maximum Gasteiger partial charge on any atom is 0.249 e. The van der Waals surface area contributed by atoms with E-state index in [0.717, 1.165) is 37.2 Å². The van der Waals surface area contributed by atoms with E-state index < -0.39 is 15.3 Å². The summed E-state index contributed by atoms with van der Waals surface area (Å²) in [6.45, 7) is 6.56. The maximum absolute atomic E-state index is 12.6. The van der Waals surface area contributed by atoms with Crippen molar-refractivity contribution in [3.63, 3.8) is 0 Å². The standard InChI is InChI=1S/C15H31NO3S2/c1-5-20-12-11-16-14(17)15(2,3)21(18,19-4)13-9-7-6-8-10-13/h13,18H,5-12H2,1-4H3,(H,16,17)/p+1. The second kappa shape index (κ2) is 8.65. The number of carbonyl (C=O) groups excluding carboxylic acids is 1. The smallest absolute Gasteiger partial charge is 0.249 e. The van der Waals surface area contributed by atoms with Crippen LogP contribution in [0.4, 0.5) is 0 Å². The molecule has 0 aromatic rings. The van der Waals surface area contributed by atoms with E-state index in [-0.39, 0.29) is 11.2 Å². The van der Waals surface area contributed by atoms with E-state index in [4.69, 9.17) is 8.74 Å². The van der Waals surface area contributed by atoms with Gasteiger partial charge in [-0.2, -0.15) is 11.8 Å². The van der Waals surface area contributed by atoms with Gasteiger partial charge in [-0.25, -0.2) is 0 Å². The molecule has 1 atom stereocenters. The van der Waals surface area contributed by atoms with Gasteiger partial charge in [0.2, 0.25) is 5.91 Å². The molecule has 0 bridgehead atoms. The molecule has 1 aliphatic rings. The van der Waals surface area contributed by atoms with E-state index in [1.165, 1.54) is 6.42 Å². The van der Waals surface area contributed by atoms with Crippen molar-refractivity contribution in [3.8, 4) is 0 Å². The molecule has 0 heterocycles. The number of carbonyl (C=O) groups is 1. The lowest BCUT2D eigenvalue weighted by molar-refractivity contribution is -0.122. The molecule has 0 spiro atoms. The normalized spacial score (nSPS) is 21.6. The molecule has 0 saturated heterocycles. The predicted molar refractivity (Wildman–Crippen MR) is 95.2 cm³/mol. The van der Waals surface area contributed by atoms with E-state index >= 15 is 0 Å². The lowest BCUT2D eigenvalue weighted by Gasteiger charge is -2.50. The number of nitrogens with one attached hydrogen (secondary N) is 1. The summed E-state index contributed by atoms with van der Waals surface area (Å²) >= 11 is 1.82. The van der Waals surface area contributed by atoms with E-state index in [9.17, 15) is 4.79 Å². The maximum atomic E-state index is 12.6. The predicted octanol–water partition coefficient (Wildman–Crippen LogP) is 2.97. The zero-order valence-corrected chi connectivity index (χ0v) is 15.5. The molecule has 1 amide bonds. The number of rotatable bonds is 8. The fraction of sp³-hybridized carbons (Fsp3) is 0.933. The van der Waals surface area contributed by atoms with Crippen LogP contribution in [-0.2, 0) is 8.98 Å². The summed E-state index contributed by atoms with van der Waals surface area (Å²) in [5, 5.41) is 3.22. The van der Waals surface area contributed by atoms with E-state index in [1.54, 1.807) is 7.11 Å². The van der Waals surface area contributed by atoms with Crippen LogP contribution in [0.25, 0.3) is 0 Å².